The summed E-state index contributed by atoms with van der Waals surface area (Å²) in [4.78, 5) is 30.0. The van der Waals surface area contributed by atoms with E-state index in [2.05, 4.69) is 15.5 Å². The second-order valence-corrected chi connectivity index (χ2v) is 5.51. The maximum absolute atomic E-state index is 12.2. The molecule has 0 spiro atoms. The predicted molar refractivity (Wildman–Crippen MR) is 79.3 cm³/mol. The summed E-state index contributed by atoms with van der Waals surface area (Å²) in [5, 5.41) is 7.34. The van der Waals surface area contributed by atoms with Gasteiger partial charge in [0.15, 0.2) is 0 Å². The first kappa shape index (κ1) is 14.5. The van der Waals surface area contributed by atoms with E-state index in [1.165, 1.54) is 0 Å². The number of rotatable bonds is 2. The number of likely N-dealkylation sites (tertiary alicyclic amines) is 1. The highest BCUT2D eigenvalue weighted by Gasteiger charge is 2.33. The molecule has 0 aliphatic carbocycles. The first-order valence-corrected chi connectivity index (χ1v) is 7.29. The van der Waals surface area contributed by atoms with Crippen LogP contribution < -0.4 is 5.32 Å². The molecule has 7 heteroatoms. The molecule has 1 aliphatic heterocycles. The fraction of sp³-hybridized carbons (Fsp3) is 0.467. The first-order chi connectivity index (χ1) is 10.5. The molecule has 0 saturated carbocycles. The summed E-state index contributed by atoms with van der Waals surface area (Å²) in [5.74, 6) is -0.215. The summed E-state index contributed by atoms with van der Waals surface area (Å²) in [6, 6.07) is 1.56. The molecule has 2 amide bonds. The van der Waals surface area contributed by atoms with Crippen molar-refractivity contribution in [2.75, 3.05) is 13.6 Å². The van der Waals surface area contributed by atoms with Crippen molar-refractivity contribution in [1.29, 1.82) is 0 Å². The molecule has 1 N–H and O–H groups in total. The second kappa shape index (κ2) is 5.40. The fourth-order valence-corrected chi connectivity index (χ4v) is 3.07. The minimum atomic E-state index is -0.215. The maximum Gasteiger partial charge on any atom is 0.259 e. The van der Waals surface area contributed by atoms with Crippen LogP contribution in [0, 0.1) is 6.92 Å². The van der Waals surface area contributed by atoms with E-state index in [0.29, 0.717) is 34.6 Å². The van der Waals surface area contributed by atoms with Crippen molar-refractivity contribution in [2.24, 2.45) is 0 Å². The smallest absolute Gasteiger partial charge is 0.259 e. The minimum absolute atomic E-state index is 0.000198. The van der Waals surface area contributed by atoms with Crippen LogP contribution in [0.25, 0.3) is 11.1 Å². The van der Waals surface area contributed by atoms with Gasteiger partial charge in [0.2, 0.25) is 5.91 Å². The summed E-state index contributed by atoms with van der Waals surface area (Å²) in [7, 11) is 1.58. The largest absolute Gasteiger partial charge is 0.355 e. The number of carbonyl (C=O) groups is 2. The van der Waals surface area contributed by atoms with Gasteiger partial charge in [-0.05, 0) is 25.8 Å². The van der Waals surface area contributed by atoms with E-state index in [-0.39, 0.29) is 17.9 Å². The summed E-state index contributed by atoms with van der Waals surface area (Å²) < 4.78 is 5.33. The molecule has 1 unspecified atom stereocenters. The van der Waals surface area contributed by atoms with Crippen molar-refractivity contribution >= 4 is 22.9 Å². The van der Waals surface area contributed by atoms with Crippen molar-refractivity contribution in [3.63, 3.8) is 0 Å². The van der Waals surface area contributed by atoms with Gasteiger partial charge in [-0.25, -0.2) is 4.98 Å². The van der Waals surface area contributed by atoms with E-state index in [0.717, 1.165) is 12.8 Å². The molecule has 1 aliphatic rings. The standard InChI is InChI=1S/C15H18N4O3/c1-8-7-10(14(21)16-3)12-13(18-22-15(12)17-8)11-5-4-6-19(11)9(2)20/h7,11H,4-6H2,1-3H3,(H,16,21). The Morgan fingerprint density at radius 1 is 1.45 bits per heavy atom. The van der Waals surface area contributed by atoms with Gasteiger partial charge in [-0.15, -0.1) is 0 Å². The second-order valence-electron chi connectivity index (χ2n) is 5.51. The zero-order valence-electron chi connectivity index (χ0n) is 12.8. The van der Waals surface area contributed by atoms with Crippen molar-refractivity contribution in [2.45, 2.75) is 32.7 Å². The van der Waals surface area contributed by atoms with Crippen LogP contribution in [-0.4, -0.2) is 40.4 Å². The van der Waals surface area contributed by atoms with Crippen LogP contribution in [0.1, 0.15) is 47.6 Å². The Morgan fingerprint density at radius 2 is 2.23 bits per heavy atom. The van der Waals surface area contributed by atoms with Crippen LogP contribution in [0.3, 0.4) is 0 Å². The normalized spacial score (nSPS) is 18.0. The van der Waals surface area contributed by atoms with E-state index >= 15 is 0 Å². The zero-order chi connectivity index (χ0) is 15.9. The van der Waals surface area contributed by atoms with Gasteiger partial charge in [0.25, 0.3) is 11.6 Å². The van der Waals surface area contributed by atoms with Crippen LogP contribution in [-0.2, 0) is 4.79 Å². The van der Waals surface area contributed by atoms with Crippen molar-refractivity contribution in [3.05, 3.63) is 23.0 Å². The molecule has 1 saturated heterocycles. The molecule has 1 atom stereocenters. The highest BCUT2D eigenvalue weighted by Crippen LogP contribution is 2.36. The van der Waals surface area contributed by atoms with Gasteiger partial charge >= 0.3 is 0 Å². The average molecular weight is 302 g/mol. The van der Waals surface area contributed by atoms with E-state index in [1.54, 1.807) is 31.9 Å². The summed E-state index contributed by atoms with van der Waals surface area (Å²) in [6.45, 7) is 4.04. The lowest BCUT2D eigenvalue weighted by Gasteiger charge is -2.21. The van der Waals surface area contributed by atoms with Gasteiger partial charge < -0.3 is 14.7 Å². The van der Waals surface area contributed by atoms with E-state index in [1.807, 2.05) is 0 Å². The monoisotopic (exact) mass is 302 g/mol. The Balaban J connectivity index is 2.19. The number of amides is 2. The van der Waals surface area contributed by atoms with Gasteiger partial charge in [0, 0.05) is 26.2 Å². The molecule has 116 valence electrons. The summed E-state index contributed by atoms with van der Waals surface area (Å²) in [5.41, 5.74) is 2.12. The molecule has 0 bridgehead atoms. The number of nitrogens with one attached hydrogen (secondary N) is 1. The Morgan fingerprint density at radius 3 is 2.91 bits per heavy atom. The van der Waals surface area contributed by atoms with Gasteiger partial charge in [-0.2, -0.15) is 0 Å². The van der Waals surface area contributed by atoms with Gasteiger partial charge in [0.05, 0.1) is 17.0 Å². The van der Waals surface area contributed by atoms with E-state index < -0.39 is 0 Å². The molecule has 22 heavy (non-hydrogen) atoms. The van der Waals surface area contributed by atoms with Crippen LogP contribution in [0.4, 0.5) is 0 Å². The molecule has 1 fully saturated rings. The third-order valence-corrected chi connectivity index (χ3v) is 4.05. The number of pyridine rings is 1. The van der Waals surface area contributed by atoms with Crippen LogP contribution >= 0.6 is 0 Å². The minimum Gasteiger partial charge on any atom is -0.355 e. The number of hydrogen-bond donors (Lipinski definition) is 1. The number of fused-ring (bicyclic) bond motifs is 1. The molecular formula is C15H18N4O3. The summed E-state index contributed by atoms with van der Waals surface area (Å²) in [6.07, 6.45) is 1.72. The van der Waals surface area contributed by atoms with E-state index in [4.69, 9.17) is 4.52 Å². The van der Waals surface area contributed by atoms with Gasteiger partial charge in [-0.1, -0.05) is 5.16 Å². The molecule has 0 radical (unpaired) electrons. The lowest BCUT2D eigenvalue weighted by Crippen LogP contribution is -2.28. The molecule has 3 heterocycles. The first-order valence-electron chi connectivity index (χ1n) is 7.29. The third kappa shape index (κ3) is 2.22. The van der Waals surface area contributed by atoms with Crippen molar-refractivity contribution < 1.29 is 14.1 Å². The van der Waals surface area contributed by atoms with Gasteiger partial charge in [0.1, 0.15) is 5.69 Å². The Kier molecular flexibility index (Phi) is 3.56. The quantitative estimate of drug-likeness (QED) is 0.909. The van der Waals surface area contributed by atoms with Crippen molar-refractivity contribution in [3.8, 4) is 0 Å². The number of aromatic nitrogens is 2. The molecule has 3 rings (SSSR count). The number of aryl methyl sites for hydroxylation is 1. The molecule has 2 aromatic heterocycles. The maximum atomic E-state index is 12.2. The third-order valence-electron chi connectivity index (χ3n) is 4.05. The Labute approximate surface area is 127 Å². The Hall–Kier alpha value is -2.44. The lowest BCUT2D eigenvalue weighted by molar-refractivity contribution is -0.129. The molecule has 7 nitrogen and oxygen atoms in total. The molecule has 2 aromatic rings. The van der Waals surface area contributed by atoms with Crippen LogP contribution in [0.15, 0.2) is 10.6 Å². The highest BCUT2D eigenvalue weighted by molar-refractivity contribution is 6.06. The summed E-state index contributed by atoms with van der Waals surface area (Å²) >= 11 is 0. The molecule has 0 aromatic carbocycles. The fourth-order valence-electron chi connectivity index (χ4n) is 3.07. The molecular weight excluding hydrogens is 284 g/mol. The SMILES string of the molecule is CNC(=O)c1cc(C)nc2onc(C3CCCN3C(C)=O)c12. The lowest BCUT2D eigenvalue weighted by atomic mass is 10.0. The zero-order valence-corrected chi connectivity index (χ0v) is 12.8. The predicted octanol–water partition coefficient (Wildman–Crippen LogP) is 1.57. The number of nitrogens with zero attached hydrogens (tertiary/aromatic N) is 3. The van der Waals surface area contributed by atoms with Crippen LogP contribution in [0.5, 0.6) is 0 Å². The number of carbonyl (C=O) groups excluding carboxylic acids is 2. The van der Waals surface area contributed by atoms with Gasteiger partial charge in [-0.3, -0.25) is 9.59 Å². The Bertz CT molecular complexity index is 753. The highest BCUT2D eigenvalue weighted by atomic mass is 16.5. The van der Waals surface area contributed by atoms with E-state index in [9.17, 15) is 9.59 Å². The topological polar surface area (TPSA) is 88.3 Å². The van der Waals surface area contributed by atoms with Crippen molar-refractivity contribution in [1.82, 2.24) is 20.4 Å². The number of hydrogen-bond acceptors (Lipinski definition) is 5. The average Bonchev–Trinajstić information content (AvgIpc) is 3.10. The van der Waals surface area contributed by atoms with Crippen LogP contribution in [0.2, 0.25) is 0 Å².